The average molecular weight is 640 g/mol. The average Bonchev–Trinajstić information content (AvgIpc) is 3.82. The lowest BCUT2D eigenvalue weighted by Crippen LogP contribution is -2.49. The predicted molar refractivity (Wildman–Crippen MR) is 160 cm³/mol. The molecule has 1 aliphatic carbocycles. The zero-order valence-electron chi connectivity index (χ0n) is 24.4. The summed E-state index contributed by atoms with van der Waals surface area (Å²) in [6, 6.07) is 8.65. The number of hydrogen-bond donors (Lipinski definition) is 4. The van der Waals surface area contributed by atoms with Crippen LogP contribution >= 0.6 is 11.3 Å². The molecule has 0 saturated carbocycles. The van der Waals surface area contributed by atoms with Gasteiger partial charge in [-0.05, 0) is 48.4 Å². The Bertz CT molecular complexity index is 1710. The number of nitrogens with two attached hydrogens (primary N) is 1. The van der Waals surface area contributed by atoms with E-state index < -0.39 is 48.1 Å². The Morgan fingerprint density at radius 2 is 1.87 bits per heavy atom. The van der Waals surface area contributed by atoms with Crippen molar-refractivity contribution in [1.29, 1.82) is 5.41 Å². The third-order valence-corrected chi connectivity index (χ3v) is 9.44. The Hall–Kier alpha value is -4.40. The van der Waals surface area contributed by atoms with Crippen molar-refractivity contribution < 1.29 is 37.4 Å². The van der Waals surface area contributed by atoms with Gasteiger partial charge in [-0.1, -0.05) is 12.1 Å². The molecule has 3 aromatic rings. The zero-order valence-corrected chi connectivity index (χ0v) is 25.3. The molecule has 3 aliphatic rings. The second-order valence-corrected chi connectivity index (χ2v) is 12.1. The number of carbonyl (C=O) groups is 3. The van der Waals surface area contributed by atoms with Crippen LogP contribution in [0.4, 0.5) is 8.78 Å². The van der Waals surface area contributed by atoms with E-state index in [9.17, 15) is 14.4 Å². The summed E-state index contributed by atoms with van der Waals surface area (Å²) in [7, 11) is 1.40. The number of fused-ring (bicyclic) bond motifs is 3. The quantitative estimate of drug-likeness (QED) is 0.218. The number of nitrogens with one attached hydrogen (secondary N) is 3. The van der Waals surface area contributed by atoms with Crippen LogP contribution in [0.25, 0.3) is 11.1 Å². The van der Waals surface area contributed by atoms with Gasteiger partial charge in [0.25, 0.3) is 11.8 Å². The van der Waals surface area contributed by atoms with Gasteiger partial charge in [0.2, 0.25) is 11.8 Å². The van der Waals surface area contributed by atoms with Crippen LogP contribution < -0.4 is 21.1 Å². The highest BCUT2D eigenvalue weighted by molar-refractivity contribution is 7.10. The third-order valence-electron chi connectivity index (χ3n) is 8.32. The molecule has 5 N–H and O–H groups in total. The lowest BCUT2D eigenvalue weighted by molar-refractivity contribution is -0.152. The van der Waals surface area contributed by atoms with Gasteiger partial charge in [0.05, 0.1) is 39.5 Å². The molecular weight excluding hydrogens is 608 g/mol. The molecule has 1 spiro atoms. The van der Waals surface area contributed by atoms with Gasteiger partial charge >= 0.3 is 0 Å². The van der Waals surface area contributed by atoms with Gasteiger partial charge in [-0.3, -0.25) is 19.8 Å². The summed E-state index contributed by atoms with van der Waals surface area (Å²) in [5, 5.41) is 14.8. The maximum Gasteiger partial charge on any atom is 0.299 e. The number of likely N-dealkylation sites (tertiary alicyclic amines) is 1. The predicted octanol–water partition coefficient (Wildman–Crippen LogP) is 3.11. The zero-order chi connectivity index (χ0) is 32.1. The second kappa shape index (κ2) is 11.5. The maximum atomic E-state index is 15.2. The normalized spacial score (nSPS) is 19.6. The monoisotopic (exact) mass is 639 g/mol. The molecule has 2 aromatic carbocycles. The van der Waals surface area contributed by atoms with Crippen molar-refractivity contribution >= 4 is 34.9 Å². The summed E-state index contributed by atoms with van der Waals surface area (Å²) in [6.07, 6.45) is 0.109. The maximum absolute atomic E-state index is 15.2. The first-order valence-electron chi connectivity index (χ1n) is 14.2. The molecule has 6 rings (SSSR count). The first-order chi connectivity index (χ1) is 21.4. The summed E-state index contributed by atoms with van der Waals surface area (Å²) in [5.74, 6) is -5.76. The first-order valence-corrected chi connectivity index (χ1v) is 15.1. The van der Waals surface area contributed by atoms with E-state index in [0.29, 0.717) is 30.1 Å². The highest BCUT2D eigenvalue weighted by Crippen LogP contribution is 2.52. The van der Waals surface area contributed by atoms with Crippen molar-refractivity contribution in [2.24, 2.45) is 5.73 Å². The van der Waals surface area contributed by atoms with E-state index in [0.717, 1.165) is 4.88 Å². The van der Waals surface area contributed by atoms with Gasteiger partial charge in [0.1, 0.15) is 17.6 Å². The van der Waals surface area contributed by atoms with E-state index in [4.69, 9.17) is 25.4 Å². The summed E-state index contributed by atoms with van der Waals surface area (Å²) in [4.78, 5) is 42.1. The number of methoxy groups -OCH3 is 1. The number of nitrogens with zero attached hydrogens (tertiary/aromatic N) is 1. The summed E-state index contributed by atoms with van der Waals surface area (Å²) in [5.41, 5.74) is 6.31. The molecule has 2 atom stereocenters. The Morgan fingerprint density at radius 3 is 2.56 bits per heavy atom. The van der Waals surface area contributed by atoms with Gasteiger partial charge in [0.15, 0.2) is 5.79 Å². The van der Waals surface area contributed by atoms with Gasteiger partial charge < -0.3 is 35.5 Å². The molecule has 2 fully saturated rings. The number of carbonyl (C=O) groups excluding carboxylic acids is 3. The van der Waals surface area contributed by atoms with E-state index in [-0.39, 0.29) is 41.1 Å². The number of amidine groups is 1. The minimum Gasteiger partial charge on any atom is -0.497 e. The van der Waals surface area contributed by atoms with Crippen LogP contribution in [0.5, 0.6) is 5.75 Å². The number of benzene rings is 2. The van der Waals surface area contributed by atoms with E-state index in [1.165, 1.54) is 53.7 Å². The number of ether oxygens (including phenoxy) is 3. The van der Waals surface area contributed by atoms with Gasteiger partial charge in [-0.2, -0.15) is 8.78 Å². The Labute approximate surface area is 261 Å². The van der Waals surface area contributed by atoms with E-state index in [1.54, 1.807) is 24.4 Å². The molecule has 236 valence electrons. The molecule has 1 unspecified atom stereocenters. The summed E-state index contributed by atoms with van der Waals surface area (Å²) < 4.78 is 47.0. The molecule has 1 aromatic heterocycles. The van der Waals surface area contributed by atoms with Crippen LogP contribution in [0.2, 0.25) is 0 Å². The number of hydrogen-bond acceptors (Lipinski definition) is 8. The largest absolute Gasteiger partial charge is 0.497 e. The molecular formula is C31H31F2N5O6S. The smallest absolute Gasteiger partial charge is 0.299 e. The standard InChI is InChI=1S/C31H31F2N5O6S/c1-16(25-10-18(14-45-25)27(34)35)37-29(41)24-12-30(43-7-8-44-30)15-38(24)26(39)13-36-28(40)17-3-6-22-21(9-17)20-5-4-19(42-2)11-23(20)31(22,32)33/h3-6,9-11,14,16,24H,7-8,12-13,15H2,1-2H3,(H3,34,35)(H,36,40)(H,37,41)/t16?,24-/m0/s1. The fourth-order valence-electron chi connectivity index (χ4n) is 5.97. The molecule has 2 aliphatic heterocycles. The topological polar surface area (TPSA) is 156 Å². The minimum atomic E-state index is -3.26. The number of nitrogen functional groups attached to an aromatic ring is 1. The molecule has 45 heavy (non-hydrogen) atoms. The molecule has 2 saturated heterocycles. The third kappa shape index (κ3) is 5.53. The van der Waals surface area contributed by atoms with E-state index in [1.807, 2.05) is 0 Å². The lowest BCUT2D eigenvalue weighted by atomic mass is 10.0. The van der Waals surface area contributed by atoms with Gasteiger partial charge in [-0.15, -0.1) is 11.3 Å². The molecule has 0 bridgehead atoms. The second-order valence-electron chi connectivity index (χ2n) is 11.2. The van der Waals surface area contributed by atoms with E-state index >= 15 is 8.78 Å². The number of rotatable bonds is 8. The molecule has 11 nitrogen and oxygen atoms in total. The minimum absolute atomic E-state index is 0.00413. The molecule has 3 heterocycles. The number of thiophene rings is 1. The van der Waals surface area contributed by atoms with Crippen molar-refractivity contribution in [2.75, 3.05) is 33.4 Å². The van der Waals surface area contributed by atoms with Crippen molar-refractivity contribution in [3.8, 4) is 16.9 Å². The van der Waals surface area contributed by atoms with Crippen molar-refractivity contribution in [3.63, 3.8) is 0 Å². The van der Waals surface area contributed by atoms with Crippen LogP contribution in [0.15, 0.2) is 47.8 Å². The Morgan fingerprint density at radius 1 is 1.11 bits per heavy atom. The summed E-state index contributed by atoms with van der Waals surface area (Å²) in [6.45, 7) is 1.98. The SMILES string of the molecule is COc1ccc2c(c1)C(F)(F)c1ccc(C(=O)NCC(=O)N3CC4(C[C@H]3C(=O)NC(C)c3cc(C(=N)N)cs3)OCCO4)cc1-2. The highest BCUT2D eigenvalue weighted by atomic mass is 32.1. The Balaban J connectivity index is 1.15. The number of amides is 3. The van der Waals surface area contributed by atoms with Crippen LogP contribution in [0.3, 0.4) is 0 Å². The van der Waals surface area contributed by atoms with Crippen LogP contribution in [0.1, 0.15) is 51.3 Å². The van der Waals surface area contributed by atoms with Gasteiger partial charge in [0, 0.05) is 38.9 Å². The van der Waals surface area contributed by atoms with Crippen molar-refractivity contribution in [1.82, 2.24) is 15.5 Å². The number of halogens is 2. The fourth-order valence-corrected chi connectivity index (χ4v) is 6.89. The fraction of sp³-hybridized carbons (Fsp3) is 0.355. The highest BCUT2D eigenvalue weighted by Gasteiger charge is 2.52. The van der Waals surface area contributed by atoms with Crippen LogP contribution in [-0.2, 0) is 25.0 Å². The molecule has 0 radical (unpaired) electrons. The van der Waals surface area contributed by atoms with Gasteiger partial charge in [-0.25, -0.2) is 0 Å². The van der Waals surface area contributed by atoms with Crippen molar-refractivity contribution in [3.05, 3.63) is 75.0 Å². The molecule has 3 amide bonds. The summed E-state index contributed by atoms with van der Waals surface area (Å²) >= 11 is 1.35. The van der Waals surface area contributed by atoms with Crippen LogP contribution in [-0.4, -0.2) is 73.7 Å². The molecule has 14 heteroatoms. The van der Waals surface area contributed by atoms with Crippen LogP contribution in [0, 0.1) is 5.41 Å². The first kappa shape index (κ1) is 30.6. The number of alkyl halides is 2. The Kier molecular flexibility index (Phi) is 7.83. The van der Waals surface area contributed by atoms with E-state index in [2.05, 4.69) is 10.6 Å². The van der Waals surface area contributed by atoms with Crippen molar-refractivity contribution in [2.45, 2.75) is 37.1 Å². The lowest BCUT2D eigenvalue weighted by Gasteiger charge is -2.25.